The van der Waals surface area contributed by atoms with Gasteiger partial charge < -0.3 is 25.2 Å². The van der Waals surface area contributed by atoms with Crippen LogP contribution in [0.5, 0.6) is 11.5 Å². The monoisotopic (exact) mass is 400 g/mol. The van der Waals surface area contributed by atoms with E-state index in [-0.39, 0.29) is 17.6 Å². The maximum Gasteiger partial charge on any atom is 0.164 e. The summed E-state index contributed by atoms with van der Waals surface area (Å²) in [6, 6.07) is 13.5. The second-order valence-corrected chi connectivity index (χ2v) is 7.48. The average molecular weight is 401 g/mol. The van der Waals surface area contributed by atoms with Crippen molar-refractivity contribution < 1.29 is 19.7 Å². The summed E-state index contributed by atoms with van der Waals surface area (Å²) in [6.07, 6.45) is 0.582. The van der Waals surface area contributed by atoms with Gasteiger partial charge in [0.1, 0.15) is 11.5 Å². The normalized spacial score (nSPS) is 13.3. The van der Waals surface area contributed by atoms with Gasteiger partial charge in [-0.3, -0.25) is 4.79 Å². The summed E-state index contributed by atoms with van der Waals surface area (Å²) in [5.74, 6) is 0.976. The van der Waals surface area contributed by atoms with Crippen molar-refractivity contribution in [1.29, 1.82) is 0 Å². The summed E-state index contributed by atoms with van der Waals surface area (Å²) >= 11 is 0. The highest BCUT2D eigenvalue weighted by Gasteiger charge is 2.16. The minimum Gasteiger partial charge on any atom is -0.508 e. The summed E-state index contributed by atoms with van der Waals surface area (Å²) in [6.45, 7) is 3.96. The van der Waals surface area contributed by atoms with Gasteiger partial charge in [-0.15, -0.1) is 0 Å². The number of benzene rings is 2. The van der Waals surface area contributed by atoms with Crippen LogP contribution in [-0.2, 0) is 0 Å². The number of phenolic OH excluding ortho intramolecular Hbond substituents is 1. The largest absolute Gasteiger partial charge is 0.508 e. The van der Waals surface area contributed by atoms with Crippen LogP contribution in [0.4, 0.5) is 0 Å². The zero-order valence-corrected chi connectivity index (χ0v) is 17.5. The smallest absolute Gasteiger partial charge is 0.164 e. The van der Waals surface area contributed by atoms with E-state index in [1.54, 1.807) is 36.4 Å². The Kier molecular flexibility index (Phi) is 9.12. The predicted octanol–water partition coefficient (Wildman–Crippen LogP) is 3.01. The first kappa shape index (κ1) is 22.9. The van der Waals surface area contributed by atoms with Gasteiger partial charge in [0.25, 0.3) is 0 Å². The number of nitrogens with one attached hydrogen (secondary N) is 1. The van der Waals surface area contributed by atoms with Crippen molar-refractivity contribution in [2.45, 2.75) is 31.9 Å². The summed E-state index contributed by atoms with van der Waals surface area (Å²) in [5, 5.41) is 22.9. The van der Waals surface area contributed by atoms with E-state index in [0.29, 0.717) is 25.1 Å². The molecule has 0 saturated carbocycles. The van der Waals surface area contributed by atoms with Gasteiger partial charge in [0.15, 0.2) is 5.78 Å². The van der Waals surface area contributed by atoms with E-state index < -0.39 is 6.10 Å². The molecule has 0 aliphatic carbocycles. The lowest BCUT2D eigenvalue weighted by molar-refractivity contribution is 0.0972. The number of aliphatic hydroxyl groups excluding tert-OH is 1. The van der Waals surface area contributed by atoms with Crippen molar-refractivity contribution in [3.05, 3.63) is 59.7 Å². The lowest BCUT2D eigenvalue weighted by Gasteiger charge is -2.20. The molecule has 6 nitrogen and oxygen atoms in total. The third-order valence-corrected chi connectivity index (χ3v) is 4.72. The molecule has 3 N–H and O–H groups in total. The van der Waals surface area contributed by atoms with Crippen LogP contribution in [0.3, 0.4) is 0 Å². The quantitative estimate of drug-likeness (QED) is 0.375. The fourth-order valence-corrected chi connectivity index (χ4v) is 2.94. The van der Waals surface area contributed by atoms with Crippen LogP contribution in [0.2, 0.25) is 0 Å². The number of carbonyl (C=O) groups is 1. The summed E-state index contributed by atoms with van der Waals surface area (Å²) in [7, 11) is 4.06. The fourth-order valence-electron chi connectivity index (χ4n) is 2.94. The van der Waals surface area contributed by atoms with Crippen LogP contribution in [-0.4, -0.2) is 60.7 Å². The van der Waals surface area contributed by atoms with E-state index in [1.807, 2.05) is 33.2 Å². The number of aliphatic hydroxyl groups is 1. The standard InChI is InChI=1S/C23H32N2O4/c1-17(23(28)19-5-9-20(26)10-6-19)24-14-13-22(27)18-7-11-21(12-8-18)29-16-4-15-25(2)3/h5-12,17,23-24,26,28H,4,13-16H2,1-3H3. The lowest BCUT2D eigenvalue weighted by atomic mass is 10.0. The van der Waals surface area contributed by atoms with Gasteiger partial charge in [-0.1, -0.05) is 12.1 Å². The molecule has 29 heavy (non-hydrogen) atoms. The van der Waals surface area contributed by atoms with Gasteiger partial charge in [-0.25, -0.2) is 0 Å². The van der Waals surface area contributed by atoms with Gasteiger partial charge in [-0.2, -0.15) is 0 Å². The molecular formula is C23H32N2O4. The lowest BCUT2D eigenvalue weighted by Crippen LogP contribution is -2.33. The zero-order chi connectivity index (χ0) is 21.2. The Morgan fingerprint density at radius 3 is 2.38 bits per heavy atom. The maximum atomic E-state index is 12.4. The van der Waals surface area contributed by atoms with Gasteiger partial charge in [0.05, 0.1) is 12.7 Å². The molecule has 0 aliphatic rings. The number of carbonyl (C=O) groups excluding carboxylic acids is 1. The van der Waals surface area contributed by atoms with Crippen LogP contribution < -0.4 is 10.1 Å². The van der Waals surface area contributed by atoms with Crippen LogP contribution in [0.15, 0.2) is 48.5 Å². The SMILES string of the molecule is CC(NCCC(=O)c1ccc(OCCCN(C)C)cc1)C(O)c1ccc(O)cc1. The first-order valence-corrected chi connectivity index (χ1v) is 9.98. The molecule has 0 fully saturated rings. The molecule has 2 unspecified atom stereocenters. The van der Waals surface area contributed by atoms with Crippen LogP contribution in [0.25, 0.3) is 0 Å². The number of rotatable bonds is 12. The minimum atomic E-state index is -0.713. The Hall–Kier alpha value is -2.41. The van der Waals surface area contributed by atoms with Crippen molar-refractivity contribution in [2.75, 3.05) is 33.8 Å². The molecule has 2 atom stereocenters. The molecule has 158 valence electrons. The van der Waals surface area contributed by atoms with Gasteiger partial charge in [0.2, 0.25) is 0 Å². The van der Waals surface area contributed by atoms with Crippen molar-refractivity contribution in [3.8, 4) is 11.5 Å². The van der Waals surface area contributed by atoms with Gasteiger partial charge in [-0.05, 0) is 69.4 Å². The third kappa shape index (κ3) is 7.85. The Morgan fingerprint density at radius 1 is 1.10 bits per heavy atom. The number of nitrogens with zero attached hydrogens (tertiary/aromatic N) is 1. The zero-order valence-electron chi connectivity index (χ0n) is 17.5. The van der Waals surface area contributed by atoms with Gasteiger partial charge >= 0.3 is 0 Å². The first-order chi connectivity index (χ1) is 13.9. The highest BCUT2D eigenvalue weighted by Crippen LogP contribution is 2.19. The number of ether oxygens (including phenoxy) is 1. The maximum absolute atomic E-state index is 12.4. The van der Waals surface area contributed by atoms with Crippen LogP contribution in [0.1, 0.15) is 41.8 Å². The van der Waals surface area contributed by atoms with Crippen LogP contribution in [0, 0.1) is 0 Å². The second kappa shape index (κ2) is 11.6. The van der Waals surface area contributed by atoms with E-state index in [2.05, 4.69) is 10.2 Å². The molecule has 0 saturated heterocycles. The molecule has 2 rings (SSSR count). The molecule has 0 heterocycles. The summed E-state index contributed by atoms with van der Waals surface area (Å²) in [5.41, 5.74) is 1.37. The molecule has 0 amide bonds. The van der Waals surface area contributed by atoms with E-state index >= 15 is 0 Å². The Bertz CT molecular complexity index is 744. The predicted molar refractivity (Wildman–Crippen MR) is 115 cm³/mol. The van der Waals surface area contributed by atoms with Crippen molar-refractivity contribution in [2.24, 2.45) is 0 Å². The van der Waals surface area contributed by atoms with E-state index in [9.17, 15) is 15.0 Å². The number of hydrogen-bond donors (Lipinski definition) is 3. The molecule has 2 aromatic carbocycles. The van der Waals surface area contributed by atoms with Gasteiger partial charge in [0, 0.05) is 31.1 Å². The van der Waals surface area contributed by atoms with Crippen LogP contribution >= 0.6 is 0 Å². The van der Waals surface area contributed by atoms with E-state index in [1.165, 1.54) is 0 Å². The number of phenols is 1. The molecule has 0 aliphatic heterocycles. The average Bonchev–Trinajstić information content (AvgIpc) is 2.71. The number of Topliss-reactive ketones (excluding diaryl/α,β-unsaturated/α-hetero) is 1. The van der Waals surface area contributed by atoms with Crippen molar-refractivity contribution in [1.82, 2.24) is 10.2 Å². The second-order valence-electron chi connectivity index (χ2n) is 7.48. The van der Waals surface area contributed by atoms with Crippen molar-refractivity contribution >= 4 is 5.78 Å². The van der Waals surface area contributed by atoms with E-state index in [0.717, 1.165) is 24.3 Å². The molecule has 0 spiro atoms. The molecule has 6 heteroatoms. The Labute approximate surface area is 173 Å². The molecule has 0 bridgehead atoms. The van der Waals surface area contributed by atoms with E-state index in [4.69, 9.17) is 4.74 Å². The molecule has 0 aromatic heterocycles. The highest BCUT2D eigenvalue weighted by molar-refractivity contribution is 5.96. The summed E-state index contributed by atoms with van der Waals surface area (Å²) in [4.78, 5) is 14.5. The minimum absolute atomic E-state index is 0.0444. The topological polar surface area (TPSA) is 82.0 Å². The number of hydrogen-bond acceptors (Lipinski definition) is 6. The van der Waals surface area contributed by atoms with Crippen molar-refractivity contribution in [3.63, 3.8) is 0 Å². The number of aromatic hydroxyl groups is 1. The molecule has 2 aromatic rings. The Balaban J connectivity index is 1.73. The number of ketones is 1. The highest BCUT2D eigenvalue weighted by atomic mass is 16.5. The fraction of sp³-hybridized carbons (Fsp3) is 0.435. The first-order valence-electron chi connectivity index (χ1n) is 9.98. The molecular weight excluding hydrogens is 368 g/mol. The molecule has 0 radical (unpaired) electrons. The Morgan fingerprint density at radius 2 is 1.76 bits per heavy atom. The summed E-state index contributed by atoms with van der Waals surface area (Å²) < 4.78 is 5.69. The third-order valence-electron chi connectivity index (χ3n) is 4.72.